The Morgan fingerprint density at radius 1 is 0.806 bits per heavy atom. The topological polar surface area (TPSA) is 83.8 Å². The molecule has 2 N–H and O–H groups in total. The molecule has 3 aromatic carbocycles. The predicted octanol–water partition coefficient (Wildman–Crippen LogP) is 5.39. The number of aliphatic carboxylic acids is 1. The molecule has 0 radical (unpaired) electrons. The van der Waals surface area contributed by atoms with Crippen molar-refractivity contribution in [2.24, 2.45) is 0 Å². The Bertz CT molecular complexity index is 1060. The standard InChI is InChI=1S/C26H26O5/c1-25(2,3)31-26(24(29)30,20-9-5-4-6-10-20)17-18-13-15-19(16-14-18)21-11-7-8-12-22(21)23(27)28/h4-16H,17H2,1-3H3,(H,27,28)(H,29,30). The van der Waals surface area contributed by atoms with E-state index in [9.17, 15) is 19.8 Å². The van der Waals surface area contributed by atoms with Crippen molar-refractivity contribution in [3.8, 4) is 11.1 Å². The molecule has 0 aromatic heterocycles. The molecule has 31 heavy (non-hydrogen) atoms. The van der Waals surface area contributed by atoms with E-state index in [4.69, 9.17) is 4.74 Å². The van der Waals surface area contributed by atoms with E-state index in [1.54, 1.807) is 48.5 Å². The Hall–Kier alpha value is -3.44. The Morgan fingerprint density at radius 3 is 1.94 bits per heavy atom. The van der Waals surface area contributed by atoms with Crippen LogP contribution in [0.25, 0.3) is 11.1 Å². The fraction of sp³-hybridized carbons (Fsp3) is 0.231. The van der Waals surface area contributed by atoms with E-state index < -0.39 is 23.1 Å². The number of benzene rings is 3. The van der Waals surface area contributed by atoms with Crippen LogP contribution in [-0.4, -0.2) is 27.8 Å². The third-order valence-corrected chi connectivity index (χ3v) is 4.94. The highest BCUT2D eigenvalue weighted by atomic mass is 16.5. The summed E-state index contributed by atoms with van der Waals surface area (Å²) in [5.41, 5.74) is 0.675. The Morgan fingerprint density at radius 2 is 1.39 bits per heavy atom. The Labute approximate surface area is 181 Å². The molecule has 0 saturated heterocycles. The number of carboxylic acid groups (broad SMARTS) is 2. The molecule has 0 amide bonds. The van der Waals surface area contributed by atoms with Crippen molar-refractivity contribution < 1.29 is 24.5 Å². The first-order valence-corrected chi connectivity index (χ1v) is 10.0. The molecule has 0 heterocycles. The number of carboxylic acids is 2. The van der Waals surface area contributed by atoms with Crippen LogP contribution in [0.15, 0.2) is 78.9 Å². The summed E-state index contributed by atoms with van der Waals surface area (Å²) >= 11 is 0. The molecule has 0 aliphatic rings. The number of hydrogen-bond acceptors (Lipinski definition) is 3. The molecule has 3 rings (SSSR count). The lowest BCUT2D eigenvalue weighted by Gasteiger charge is -2.36. The lowest BCUT2D eigenvalue weighted by Crippen LogP contribution is -2.46. The molecule has 5 heteroatoms. The van der Waals surface area contributed by atoms with Gasteiger partial charge in [-0.3, -0.25) is 0 Å². The van der Waals surface area contributed by atoms with Gasteiger partial charge in [0.2, 0.25) is 0 Å². The average Bonchev–Trinajstić information content (AvgIpc) is 2.73. The van der Waals surface area contributed by atoms with Gasteiger partial charge >= 0.3 is 11.9 Å². The first-order valence-electron chi connectivity index (χ1n) is 10.0. The molecule has 1 atom stereocenters. The van der Waals surface area contributed by atoms with Crippen LogP contribution in [0.2, 0.25) is 0 Å². The maximum absolute atomic E-state index is 12.5. The van der Waals surface area contributed by atoms with Crippen molar-refractivity contribution in [3.63, 3.8) is 0 Å². The summed E-state index contributed by atoms with van der Waals surface area (Å²) in [5.74, 6) is -2.05. The molecular weight excluding hydrogens is 392 g/mol. The minimum absolute atomic E-state index is 0.129. The van der Waals surface area contributed by atoms with Crippen LogP contribution in [0.4, 0.5) is 0 Å². The summed E-state index contributed by atoms with van der Waals surface area (Å²) in [5, 5.41) is 19.7. The molecule has 0 aliphatic carbocycles. The normalized spacial score (nSPS) is 13.4. The summed E-state index contributed by atoms with van der Waals surface area (Å²) in [6, 6.07) is 23.0. The molecule has 0 fully saturated rings. The minimum atomic E-state index is -1.56. The molecule has 0 saturated carbocycles. The van der Waals surface area contributed by atoms with E-state index in [0.29, 0.717) is 11.1 Å². The van der Waals surface area contributed by atoms with Crippen LogP contribution in [0.1, 0.15) is 42.3 Å². The molecule has 160 valence electrons. The molecule has 3 aromatic rings. The average molecular weight is 418 g/mol. The molecule has 0 aliphatic heterocycles. The van der Waals surface area contributed by atoms with Gasteiger partial charge in [0, 0.05) is 6.42 Å². The maximum atomic E-state index is 12.5. The van der Waals surface area contributed by atoms with Crippen LogP contribution in [0, 0.1) is 0 Å². The highest BCUT2D eigenvalue weighted by molar-refractivity contribution is 5.96. The van der Waals surface area contributed by atoms with Gasteiger partial charge in [-0.1, -0.05) is 72.8 Å². The van der Waals surface area contributed by atoms with Gasteiger partial charge in [0.25, 0.3) is 0 Å². The quantitative estimate of drug-likeness (QED) is 0.537. The van der Waals surface area contributed by atoms with Gasteiger partial charge < -0.3 is 14.9 Å². The van der Waals surface area contributed by atoms with Crippen LogP contribution in [-0.2, 0) is 21.6 Å². The first-order chi connectivity index (χ1) is 14.6. The monoisotopic (exact) mass is 418 g/mol. The lowest BCUT2D eigenvalue weighted by atomic mass is 9.85. The highest BCUT2D eigenvalue weighted by Crippen LogP contribution is 2.35. The fourth-order valence-corrected chi connectivity index (χ4v) is 3.68. The zero-order valence-corrected chi connectivity index (χ0v) is 17.8. The summed E-state index contributed by atoms with van der Waals surface area (Å²) < 4.78 is 6.17. The lowest BCUT2D eigenvalue weighted by molar-refractivity contribution is -0.187. The van der Waals surface area contributed by atoms with Crippen molar-refractivity contribution in [2.45, 2.75) is 38.4 Å². The maximum Gasteiger partial charge on any atom is 0.341 e. The van der Waals surface area contributed by atoms with Crippen LogP contribution in [0.5, 0.6) is 0 Å². The summed E-state index contributed by atoms with van der Waals surface area (Å²) in [6.07, 6.45) is 0.129. The van der Waals surface area contributed by atoms with Gasteiger partial charge in [0.15, 0.2) is 5.60 Å². The minimum Gasteiger partial charge on any atom is -0.479 e. The summed E-state index contributed by atoms with van der Waals surface area (Å²) in [6.45, 7) is 5.50. The molecule has 0 spiro atoms. The Balaban J connectivity index is 2.01. The summed E-state index contributed by atoms with van der Waals surface area (Å²) in [7, 11) is 0. The second-order valence-corrected chi connectivity index (χ2v) is 8.44. The van der Waals surface area contributed by atoms with Gasteiger partial charge in [-0.15, -0.1) is 0 Å². The van der Waals surface area contributed by atoms with Crippen LogP contribution < -0.4 is 0 Å². The molecule has 5 nitrogen and oxygen atoms in total. The van der Waals surface area contributed by atoms with Crippen molar-refractivity contribution in [2.75, 3.05) is 0 Å². The number of ether oxygens (including phenoxy) is 1. The van der Waals surface area contributed by atoms with E-state index in [1.165, 1.54) is 0 Å². The predicted molar refractivity (Wildman–Crippen MR) is 119 cm³/mol. The van der Waals surface area contributed by atoms with Crippen molar-refractivity contribution in [1.82, 2.24) is 0 Å². The van der Waals surface area contributed by atoms with Gasteiger partial charge in [-0.2, -0.15) is 0 Å². The Kier molecular flexibility index (Phi) is 6.27. The van der Waals surface area contributed by atoms with E-state index in [0.717, 1.165) is 11.1 Å². The number of carbonyl (C=O) groups is 2. The third kappa shape index (κ3) is 5.01. The number of rotatable bonds is 7. The van der Waals surface area contributed by atoms with Crippen molar-refractivity contribution in [1.29, 1.82) is 0 Å². The van der Waals surface area contributed by atoms with E-state index in [2.05, 4.69) is 0 Å². The van der Waals surface area contributed by atoms with E-state index in [1.807, 2.05) is 51.1 Å². The third-order valence-electron chi connectivity index (χ3n) is 4.94. The molecule has 1 unspecified atom stereocenters. The van der Waals surface area contributed by atoms with Gasteiger partial charge in [-0.05, 0) is 49.1 Å². The number of aromatic carboxylic acids is 1. The summed E-state index contributed by atoms with van der Waals surface area (Å²) in [4.78, 5) is 24.1. The second kappa shape index (κ2) is 8.74. The number of hydrogen-bond donors (Lipinski definition) is 2. The largest absolute Gasteiger partial charge is 0.479 e. The van der Waals surface area contributed by atoms with E-state index in [-0.39, 0.29) is 12.0 Å². The van der Waals surface area contributed by atoms with Crippen LogP contribution >= 0.6 is 0 Å². The molecule has 0 bridgehead atoms. The van der Waals surface area contributed by atoms with Gasteiger partial charge in [0.05, 0.1) is 11.2 Å². The van der Waals surface area contributed by atoms with E-state index >= 15 is 0 Å². The SMILES string of the molecule is CC(C)(C)OC(Cc1ccc(-c2ccccc2C(=O)O)cc1)(C(=O)O)c1ccccc1. The first kappa shape index (κ1) is 22.2. The zero-order valence-electron chi connectivity index (χ0n) is 17.8. The second-order valence-electron chi connectivity index (χ2n) is 8.44. The van der Waals surface area contributed by atoms with Gasteiger partial charge in [0.1, 0.15) is 0 Å². The van der Waals surface area contributed by atoms with Crippen LogP contribution in [0.3, 0.4) is 0 Å². The van der Waals surface area contributed by atoms with Crippen molar-refractivity contribution in [3.05, 3.63) is 95.6 Å². The smallest absolute Gasteiger partial charge is 0.341 e. The fourth-order valence-electron chi connectivity index (χ4n) is 3.68. The van der Waals surface area contributed by atoms with Gasteiger partial charge in [-0.25, -0.2) is 9.59 Å². The zero-order chi connectivity index (χ0) is 22.6. The van der Waals surface area contributed by atoms with Crippen molar-refractivity contribution >= 4 is 11.9 Å². The highest BCUT2D eigenvalue weighted by Gasteiger charge is 2.44. The molecular formula is C26H26O5.